The highest BCUT2D eigenvalue weighted by Crippen LogP contribution is 2.49. The van der Waals surface area contributed by atoms with Gasteiger partial charge in [0.05, 0.1) is 0 Å². The minimum Gasteiger partial charge on any atom is -0.271 e. The zero-order valence-corrected chi connectivity index (χ0v) is 12.5. The lowest BCUT2D eigenvalue weighted by atomic mass is 9.83. The zero-order chi connectivity index (χ0) is 13.9. The largest absolute Gasteiger partial charge is 0.271 e. The third-order valence-corrected chi connectivity index (χ3v) is 5.27. The van der Waals surface area contributed by atoms with Gasteiger partial charge in [0.2, 0.25) is 0 Å². The number of hydrogen-bond acceptors (Lipinski definition) is 4. The molecule has 5 nitrogen and oxygen atoms in total. The van der Waals surface area contributed by atoms with Gasteiger partial charge in [0, 0.05) is 19.0 Å². The lowest BCUT2D eigenvalue weighted by Crippen LogP contribution is -2.39. The van der Waals surface area contributed by atoms with Crippen molar-refractivity contribution < 1.29 is 0 Å². The fourth-order valence-corrected chi connectivity index (χ4v) is 4.31. The Bertz CT molecular complexity index is 430. The molecule has 0 spiro atoms. The first kappa shape index (κ1) is 14.0. The molecular formula is C15H27N5. The van der Waals surface area contributed by atoms with Gasteiger partial charge in [-0.05, 0) is 49.9 Å². The zero-order valence-electron chi connectivity index (χ0n) is 12.5. The lowest BCUT2D eigenvalue weighted by molar-refractivity contribution is 0.275. The van der Waals surface area contributed by atoms with Crippen molar-refractivity contribution in [1.29, 1.82) is 0 Å². The Morgan fingerprint density at radius 2 is 2.35 bits per heavy atom. The Kier molecular flexibility index (Phi) is 4.36. The molecule has 0 amide bonds. The number of nitrogens with two attached hydrogens (primary N) is 1. The molecule has 1 heterocycles. The summed E-state index contributed by atoms with van der Waals surface area (Å²) in [5, 5.41) is 4.30. The monoisotopic (exact) mass is 277 g/mol. The van der Waals surface area contributed by atoms with Crippen LogP contribution in [-0.4, -0.2) is 20.8 Å². The van der Waals surface area contributed by atoms with Crippen LogP contribution in [0.25, 0.3) is 0 Å². The maximum atomic E-state index is 5.78. The van der Waals surface area contributed by atoms with Crippen LogP contribution in [0.2, 0.25) is 0 Å². The summed E-state index contributed by atoms with van der Waals surface area (Å²) in [7, 11) is 0. The van der Waals surface area contributed by atoms with Crippen LogP contribution >= 0.6 is 0 Å². The summed E-state index contributed by atoms with van der Waals surface area (Å²) >= 11 is 0. The molecule has 112 valence electrons. The quantitative estimate of drug-likeness (QED) is 0.590. The van der Waals surface area contributed by atoms with Gasteiger partial charge in [-0.1, -0.05) is 13.3 Å². The van der Waals surface area contributed by atoms with Crippen molar-refractivity contribution >= 4 is 0 Å². The minimum absolute atomic E-state index is 0.333. The number of hydrogen-bond donors (Lipinski definition) is 2. The highest BCUT2D eigenvalue weighted by Gasteiger charge is 2.40. The van der Waals surface area contributed by atoms with Gasteiger partial charge in [-0.15, -0.1) is 0 Å². The molecule has 4 unspecified atom stereocenters. The van der Waals surface area contributed by atoms with E-state index in [1.807, 2.05) is 4.68 Å². The number of aromatic nitrogens is 3. The maximum Gasteiger partial charge on any atom is 0.138 e. The summed E-state index contributed by atoms with van der Waals surface area (Å²) in [6.45, 7) is 3.11. The second kappa shape index (κ2) is 6.22. The molecule has 2 aliphatic carbocycles. The molecule has 2 bridgehead atoms. The average Bonchev–Trinajstić information content (AvgIpc) is 3.16. The Morgan fingerprint density at radius 3 is 3.00 bits per heavy atom. The summed E-state index contributed by atoms with van der Waals surface area (Å²) < 4.78 is 2.02. The molecule has 2 aliphatic rings. The van der Waals surface area contributed by atoms with E-state index in [1.165, 1.54) is 32.1 Å². The SMILES string of the molecule is CCCn1ncnc1CC(CC1CC2CCC1C2)NN. The van der Waals surface area contributed by atoms with Crippen molar-refractivity contribution in [2.45, 2.75) is 64.5 Å². The van der Waals surface area contributed by atoms with Crippen molar-refractivity contribution in [3.8, 4) is 0 Å². The molecule has 1 aromatic rings. The van der Waals surface area contributed by atoms with Gasteiger partial charge in [0.15, 0.2) is 0 Å². The van der Waals surface area contributed by atoms with E-state index in [0.29, 0.717) is 6.04 Å². The van der Waals surface area contributed by atoms with Gasteiger partial charge in [-0.3, -0.25) is 16.0 Å². The van der Waals surface area contributed by atoms with Crippen LogP contribution in [-0.2, 0) is 13.0 Å². The first-order chi connectivity index (χ1) is 9.80. The van der Waals surface area contributed by atoms with Gasteiger partial charge in [0.25, 0.3) is 0 Å². The lowest BCUT2D eigenvalue weighted by Gasteiger charge is -2.26. The van der Waals surface area contributed by atoms with Crippen molar-refractivity contribution in [3.63, 3.8) is 0 Å². The normalized spacial score (nSPS) is 30.0. The van der Waals surface area contributed by atoms with Crippen molar-refractivity contribution in [2.24, 2.45) is 23.6 Å². The number of rotatable bonds is 7. The third-order valence-electron chi connectivity index (χ3n) is 5.27. The number of hydrazine groups is 1. The van der Waals surface area contributed by atoms with E-state index in [1.54, 1.807) is 6.33 Å². The fourth-order valence-electron chi connectivity index (χ4n) is 4.31. The first-order valence-electron chi connectivity index (χ1n) is 8.13. The molecule has 3 rings (SSSR count). The molecule has 0 saturated heterocycles. The van der Waals surface area contributed by atoms with Crippen LogP contribution < -0.4 is 11.3 Å². The van der Waals surface area contributed by atoms with Gasteiger partial charge in [0.1, 0.15) is 12.2 Å². The molecule has 2 saturated carbocycles. The van der Waals surface area contributed by atoms with Gasteiger partial charge in [-0.25, -0.2) is 4.98 Å². The summed E-state index contributed by atoms with van der Waals surface area (Å²) in [5.74, 6) is 9.69. The van der Waals surface area contributed by atoms with Crippen LogP contribution in [0.4, 0.5) is 0 Å². The topological polar surface area (TPSA) is 68.8 Å². The molecular weight excluding hydrogens is 250 g/mol. The van der Waals surface area contributed by atoms with Crippen LogP contribution in [0.15, 0.2) is 6.33 Å². The Morgan fingerprint density at radius 1 is 1.45 bits per heavy atom. The van der Waals surface area contributed by atoms with Crippen LogP contribution in [0, 0.1) is 17.8 Å². The van der Waals surface area contributed by atoms with E-state index >= 15 is 0 Å². The Hall–Kier alpha value is -0.940. The Labute approximate surface area is 121 Å². The van der Waals surface area contributed by atoms with Gasteiger partial charge >= 0.3 is 0 Å². The predicted octanol–water partition coefficient (Wildman–Crippen LogP) is 1.89. The average molecular weight is 277 g/mol. The highest BCUT2D eigenvalue weighted by atomic mass is 15.3. The van der Waals surface area contributed by atoms with E-state index in [9.17, 15) is 0 Å². The summed E-state index contributed by atoms with van der Waals surface area (Å²) in [4.78, 5) is 4.40. The summed E-state index contributed by atoms with van der Waals surface area (Å²) in [5.41, 5.74) is 3.01. The number of nitrogens with zero attached hydrogens (tertiary/aromatic N) is 3. The standard InChI is InChI=1S/C15H27N5/c1-2-5-20-15(17-10-18-20)9-14(19-16)8-13-7-11-3-4-12(13)6-11/h10-14,19H,2-9,16H2,1H3. The summed E-state index contributed by atoms with van der Waals surface area (Å²) in [6.07, 6.45) is 10.6. The number of nitrogens with one attached hydrogen (secondary N) is 1. The van der Waals surface area contributed by atoms with Crippen molar-refractivity contribution in [2.75, 3.05) is 0 Å². The van der Waals surface area contributed by atoms with Crippen LogP contribution in [0.3, 0.4) is 0 Å². The Balaban J connectivity index is 1.58. The van der Waals surface area contributed by atoms with Gasteiger partial charge in [-0.2, -0.15) is 5.10 Å². The fraction of sp³-hybridized carbons (Fsp3) is 0.867. The second-order valence-electron chi connectivity index (χ2n) is 6.64. The van der Waals surface area contributed by atoms with Crippen LogP contribution in [0.1, 0.15) is 51.3 Å². The molecule has 5 heteroatoms. The van der Waals surface area contributed by atoms with E-state index in [-0.39, 0.29) is 0 Å². The molecule has 4 atom stereocenters. The molecule has 0 aromatic carbocycles. The molecule has 20 heavy (non-hydrogen) atoms. The first-order valence-corrected chi connectivity index (χ1v) is 8.13. The minimum atomic E-state index is 0.333. The molecule has 0 aliphatic heterocycles. The van der Waals surface area contributed by atoms with Crippen LogP contribution in [0.5, 0.6) is 0 Å². The third kappa shape index (κ3) is 2.88. The van der Waals surface area contributed by atoms with E-state index in [0.717, 1.165) is 43.0 Å². The van der Waals surface area contributed by atoms with Gasteiger partial charge < -0.3 is 0 Å². The molecule has 0 radical (unpaired) electrons. The van der Waals surface area contributed by atoms with Crippen molar-refractivity contribution in [3.05, 3.63) is 12.2 Å². The molecule has 2 fully saturated rings. The number of aryl methyl sites for hydroxylation is 1. The smallest absolute Gasteiger partial charge is 0.138 e. The molecule has 1 aromatic heterocycles. The highest BCUT2D eigenvalue weighted by molar-refractivity contribution is 4.95. The second-order valence-corrected chi connectivity index (χ2v) is 6.64. The molecule has 3 N–H and O–H groups in total. The predicted molar refractivity (Wildman–Crippen MR) is 78.7 cm³/mol. The van der Waals surface area contributed by atoms with E-state index < -0.39 is 0 Å². The van der Waals surface area contributed by atoms with E-state index in [2.05, 4.69) is 22.4 Å². The van der Waals surface area contributed by atoms with E-state index in [4.69, 9.17) is 5.84 Å². The maximum absolute atomic E-state index is 5.78. The summed E-state index contributed by atoms with van der Waals surface area (Å²) in [6, 6.07) is 0.333. The number of fused-ring (bicyclic) bond motifs is 2. The van der Waals surface area contributed by atoms with Crippen molar-refractivity contribution in [1.82, 2.24) is 20.2 Å².